The van der Waals surface area contributed by atoms with Gasteiger partial charge in [0, 0.05) is 39.3 Å². The molecule has 4 heteroatoms. The van der Waals surface area contributed by atoms with Gasteiger partial charge in [0.1, 0.15) is 5.82 Å². The Kier molecular flexibility index (Phi) is 5.25. The quantitative estimate of drug-likeness (QED) is 0.193. The first-order valence-corrected chi connectivity index (χ1v) is 15.6. The molecule has 0 N–H and O–H groups in total. The van der Waals surface area contributed by atoms with E-state index in [1.54, 1.807) is 0 Å². The number of rotatable bonds is 3. The average Bonchev–Trinajstić information content (AvgIpc) is 3.46. The van der Waals surface area contributed by atoms with Crippen molar-refractivity contribution < 1.29 is 0 Å². The van der Waals surface area contributed by atoms with Crippen molar-refractivity contribution in [2.45, 2.75) is 0 Å². The lowest BCUT2D eigenvalue weighted by Gasteiger charge is -2.32. The Morgan fingerprint density at radius 2 is 1.20 bits per heavy atom. The van der Waals surface area contributed by atoms with Crippen LogP contribution in [-0.2, 0) is 0 Å². The van der Waals surface area contributed by atoms with E-state index in [4.69, 9.17) is 9.97 Å². The molecule has 0 amide bonds. The molecule has 46 heavy (non-hydrogen) atoms. The van der Waals surface area contributed by atoms with E-state index >= 15 is 0 Å². The summed E-state index contributed by atoms with van der Waals surface area (Å²) in [6.07, 6.45) is 1.94. The van der Waals surface area contributed by atoms with Gasteiger partial charge in [-0.25, -0.2) is 4.98 Å². The van der Waals surface area contributed by atoms with E-state index in [-0.39, 0.29) is 0 Å². The normalized spacial score (nSPS) is 12.3. The summed E-state index contributed by atoms with van der Waals surface area (Å²) in [5, 5.41) is 5.83. The van der Waals surface area contributed by atoms with Crippen LogP contribution in [0.15, 0.2) is 158 Å². The van der Waals surface area contributed by atoms with E-state index < -0.39 is 0 Å². The highest BCUT2D eigenvalue weighted by molar-refractivity contribution is 6.19. The SMILES string of the molecule is c1ccc(-c2cccc(N3c4ccccc4-c4nccc5c4c3nc3ccc(-n4c6ccccc6c6ccccc64)cc35)c2)cc1. The minimum absolute atomic E-state index is 0.902. The molecule has 0 saturated heterocycles. The third kappa shape index (κ3) is 3.55. The summed E-state index contributed by atoms with van der Waals surface area (Å²) in [7, 11) is 0. The fourth-order valence-corrected chi connectivity index (χ4v) is 7.33. The molecule has 0 bridgehead atoms. The number of nitrogens with zero attached hydrogens (tertiary/aromatic N) is 4. The summed E-state index contributed by atoms with van der Waals surface area (Å²) in [6.45, 7) is 0. The highest BCUT2D eigenvalue weighted by Crippen LogP contribution is 2.50. The van der Waals surface area contributed by atoms with E-state index in [2.05, 4.69) is 161 Å². The molecule has 0 saturated carbocycles. The Labute approximate surface area is 265 Å². The molecule has 4 heterocycles. The van der Waals surface area contributed by atoms with Gasteiger partial charge in [-0.15, -0.1) is 0 Å². The monoisotopic (exact) mass is 586 g/mol. The molecule has 0 aliphatic carbocycles. The maximum Gasteiger partial charge on any atom is 0.148 e. The lowest BCUT2D eigenvalue weighted by molar-refractivity contribution is 1.18. The average molecular weight is 587 g/mol. The number of para-hydroxylation sites is 3. The van der Waals surface area contributed by atoms with Gasteiger partial charge in [0.05, 0.1) is 33.3 Å². The van der Waals surface area contributed by atoms with E-state index in [0.717, 1.165) is 55.8 Å². The molecule has 6 aromatic carbocycles. The van der Waals surface area contributed by atoms with Crippen LogP contribution >= 0.6 is 0 Å². The van der Waals surface area contributed by atoms with Crippen molar-refractivity contribution in [3.8, 4) is 28.1 Å². The van der Waals surface area contributed by atoms with Gasteiger partial charge in [-0.1, -0.05) is 97.1 Å². The van der Waals surface area contributed by atoms with Crippen molar-refractivity contribution >= 4 is 60.7 Å². The molecule has 0 atom stereocenters. The summed E-state index contributed by atoms with van der Waals surface area (Å²) in [6, 6.07) is 53.9. The van der Waals surface area contributed by atoms with Crippen LogP contribution in [0.4, 0.5) is 17.2 Å². The molecule has 9 aromatic rings. The van der Waals surface area contributed by atoms with Gasteiger partial charge in [0.25, 0.3) is 0 Å². The fraction of sp³-hybridized carbons (Fsp3) is 0. The number of benzene rings is 6. The maximum atomic E-state index is 5.42. The van der Waals surface area contributed by atoms with Crippen LogP contribution in [0, 0.1) is 0 Å². The minimum Gasteiger partial charge on any atom is -0.309 e. The van der Waals surface area contributed by atoms with Gasteiger partial charge in [-0.2, -0.15) is 0 Å². The molecule has 3 aromatic heterocycles. The Morgan fingerprint density at radius 1 is 0.478 bits per heavy atom. The Balaban J connectivity index is 1.25. The molecule has 10 rings (SSSR count). The molecular formula is C42H26N4. The van der Waals surface area contributed by atoms with Crippen molar-refractivity contribution in [3.63, 3.8) is 0 Å². The van der Waals surface area contributed by atoms with Crippen LogP contribution < -0.4 is 4.90 Å². The Morgan fingerprint density at radius 3 is 2.02 bits per heavy atom. The van der Waals surface area contributed by atoms with Gasteiger partial charge >= 0.3 is 0 Å². The maximum absolute atomic E-state index is 5.42. The van der Waals surface area contributed by atoms with Crippen molar-refractivity contribution in [1.29, 1.82) is 0 Å². The zero-order valence-corrected chi connectivity index (χ0v) is 24.8. The highest BCUT2D eigenvalue weighted by atomic mass is 15.2. The molecular weight excluding hydrogens is 560 g/mol. The lowest BCUT2D eigenvalue weighted by atomic mass is 9.95. The predicted octanol–water partition coefficient (Wildman–Crippen LogP) is 11.0. The third-order valence-corrected chi connectivity index (χ3v) is 9.33. The first-order valence-electron chi connectivity index (χ1n) is 15.6. The first-order chi connectivity index (χ1) is 22.8. The van der Waals surface area contributed by atoms with Crippen LogP contribution in [0.3, 0.4) is 0 Å². The van der Waals surface area contributed by atoms with Gasteiger partial charge in [0.15, 0.2) is 0 Å². The highest BCUT2D eigenvalue weighted by Gasteiger charge is 2.29. The molecule has 0 radical (unpaired) electrons. The van der Waals surface area contributed by atoms with Crippen LogP contribution in [-0.4, -0.2) is 14.5 Å². The van der Waals surface area contributed by atoms with E-state index in [9.17, 15) is 0 Å². The largest absolute Gasteiger partial charge is 0.309 e. The van der Waals surface area contributed by atoms with Gasteiger partial charge in [0.2, 0.25) is 0 Å². The molecule has 0 fully saturated rings. The van der Waals surface area contributed by atoms with Gasteiger partial charge in [-0.05, 0) is 71.1 Å². The van der Waals surface area contributed by atoms with E-state index in [1.807, 2.05) is 6.20 Å². The Hall–Kier alpha value is -6.26. The van der Waals surface area contributed by atoms with Crippen LogP contribution in [0.25, 0.3) is 71.6 Å². The number of anilines is 3. The number of hydrogen-bond acceptors (Lipinski definition) is 3. The third-order valence-electron chi connectivity index (χ3n) is 9.33. The van der Waals surface area contributed by atoms with E-state index in [0.29, 0.717) is 0 Å². The molecule has 0 unspecified atom stereocenters. The summed E-state index contributed by atoms with van der Waals surface area (Å²) in [4.78, 5) is 12.7. The number of pyridine rings is 2. The zero-order chi connectivity index (χ0) is 30.2. The Bertz CT molecular complexity index is 2600. The lowest BCUT2D eigenvalue weighted by Crippen LogP contribution is -2.17. The van der Waals surface area contributed by atoms with Crippen molar-refractivity contribution in [2.75, 3.05) is 4.90 Å². The predicted molar refractivity (Wildman–Crippen MR) is 190 cm³/mol. The molecule has 1 aliphatic rings. The zero-order valence-electron chi connectivity index (χ0n) is 24.8. The second-order valence-electron chi connectivity index (χ2n) is 11.9. The van der Waals surface area contributed by atoms with Crippen LogP contribution in [0.5, 0.6) is 0 Å². The second-order valence-corrected chi connectivity index (χ2v) is 11.9. The van der Waals surface area contributed by atoms with Crippen LogP contribution in [0.1, 0.15) is 0 Å². The fourth-order valence-electron chi connectivity index (χ4n) is 7.33. The first kappa shape index (κ1) is 25.1. The summed E-state index contributed by atoms with van der Waals surface area (Å²) >= 11 is 0. The van der Waals surface area contributed by atoms with E-state index in [1.165, 1.54) is 32.9 Å². The molecule has 214 valence electrons. The molecule has 0 spiro atoms. The minimum atomic E-state index is 0.902. The topological polar surface area (TPSA) is 34.0 Å². The number of fused-ring (bicyclic) bond motifs is 7. The summed E-state index contributed by atoms with van der Waals surface area (Å²) in [5.41, 5.74) is 11.0. The number of hydrogen-bond donors (Lipinski definition) is 0. The summed E-state index contributed by atoms with van der Waals surface area (Å²) in [5.74, 6) is 0.902. The number of aromatic nitrogens is 3. The van der Waals surface area contributed by atoms with Crippen molar-refractivity contribution in [2.24, 2.45) is 0 Å². The standard InChI is InChI=1S/C42H26N4/c1-2-11-27(12-3-1)28-13-10-14-29(25-28)46-39-20-9-6-17-34(39)41-40-33(23-24-43-41)35-26-30(21-22-36(35)44-42(40)46)45-37-18-7-4-15-31(37)32-16-5-8-19-38(32)45/h1-26H. The smallest absolute Gasteiger partial charge is 0.148 e. The van der Waals surface area contributed by atoms with Crippen LogP contribution in [0.2, 0.25) is 0 Å². The van der Waals surface area contributed by atoms with Gasteiger partial charge in [-0.3, -0.25) is 9.88 Å². The van der Waals surface area contributed by atoms with Gasteiger partial charge < -0.3 is 4.57 Å². The summed E-state index contributed by atoms with van der Waals surface area (Å²) < 4.78 is 2.37. The molecule has 4 nitrogen and oxygen atoms in total. The molecule has 1 aliphatic heterocycles. The second kappa shape index (κ2) is 9.62. The van der Waals surface area contributed by atoms with Crippen molar-refractivity contribution in [3.05, 3.63) is 158 Å². The van der Waals surface area contributed by atoms with Crippen molar-refractivity contribution in [1.82, 2.24) is 14.5 Å².